The number of rotatable bonds is 5. The van der Waals surface area contributed by atoms with Gasteiger partial charge in [-0.1, -0.05) is 38.1 Å². The van der Waals surface area contributed by atoms with Crippen molar-refractivity contribution in [3.63, 3.8) is 0 Å². The quantitative estimate of drug-likeness (QED) is 0.667. The number of allylic oxidation sites excluding steroid dienone is 2. The van der Waals surface area contributed by atoms with Gasteiger partial charge >= 0.3 is 0 Å². The Balaban J connectivity index is 1.53. The molecule has 1 amide bonds. The number of ether oxygens (including phenoxy) is 1. The van der Waals surface area contributed by atoms with Crippen molar-refractivity contribution in [1.29, 1.82) is 0 Å². The first kappa shape index (κ1) is 15.8. The lowest BCUT2D eigenvalue weighted by Crippen LogP contribution is -2.36. The van der Waals surface area contributed by atoms with Crippen LogP contribution in [0.1, 0.15) is 43.7 Å². The molecule has 4 nitrogen and oxygen atoms in total. The second-order valence-electron chi connectivity index (χ2n) is 6.76. The van der Waals surface area contributed by atoms with Crippen molar-refractivity contribution < 1.29 is 9.53 Å². The minimum atomic E-state index is -0.205. The van der Waals surface area contributed by atoms with Crippen LogP contribution < -0.4 is 10.2 Å². The van der Waals surface area contributed by atoms with Crippen molar-refractivity contribution in [2.24, 2.45) is 16.9 Å². The molecule has 122 valence electrons. The van der Waals surface area contributed by atoms with Gasteiger partial charge in [0.05, 0.1) is 0 Å². The number of nitrogens with zero attached hydrogens (tertiary/aromatic N) is 1. The molecule has 23 heavy (non-hydrogen) atoms. The molecular formula is C19H24N2O2. The fourth-order valence-corrected chi connectivity index (χ4v) is 3.22. The summed E-state index contributed by atoms with van der Waals surface area (Å²) in [6.07, 6.45) is 6.47. The maximum absolute atomic E-state index is 12.0. The third-order valence-corrected chi connectivity index (χ3v) is 4.64. The van der Waals surface area contributed by atoms with Crippen LogP contribution in [-0.4, -0.2) is 18.2 Å². The Bertz CT molecular complexity index is 661. The van der Waals surface area contributed by atoms with E-state index < -0.39 is 0 Å². The molecule has 2 aliphatic carbocycles. The van der Waals surface area contributed by atoms with Gasteiger partial charge in [-0.25, -0.2) is 5.43 Å². The summed E-state index contributed by atoms with van der Waals surface area (Å²) in [6, 6.07) is 6.11. The maximum Gasteiger partial charge on any atom is 0.277 e. The van der Waals surface area contributed by atoms with E-state index in [9.17, 15) is 4.79 Å². The van der Waals surface area contributed by atoms with Gasteiger partial charge in [0.1, 0.15) is 5.75 Å². The summed E-state index contributed by atoms with van der Waals surface area (Å²) in [5.41, 5.74) is 5.97. The van der Waals surface area contributed by atoms with E-state index in [1.54, 1.807) is 0 Å². The molecule has 1 N–H and O–H groups in total. The molecule has 1 saturated carbocycles. The highest BCUT2D eigenvalue weighted by molar-refractivity contribution is 5.94. The van der Waals surface area contributed by atoms with Gasteiger partial charge in [0.25, 0.3) is 5.91 Å². The molecule has 3 rings (SSSR count). The van der Waals surface area contributed by atoms with Gasteiger partial charge in [-0.2, -0.15) is 5.10 Å². The lowest BCUT2D eigenvalue weighted by atomic mass is 9.74. The molecule has 0 saturated heterocycles. The monoisotopic (exact) mass is 312 g/mol. The third-order valence-electron chi connectivity index (χ3n) is 4.64. The van der Waals surface area contributed by atoms with Gasteiger partial charge in [-0.15, -0.1) is 0 Å². The Kier molecular flexibility index (Phi) is 4.51. The van der Waals surface area contributed by atoms with Gasteiger partial charge in [-0.3, -0.25) is 4.79 Å². The number of hydrogen-bond donors (Lipinski definition) is 1. The van der Waals surface area contributed by atoms with Crippen molar-refractivity contribution in [3.8, 4) is 5.75 Å². The minimum Gasteiger partial charge on any atom is -0.483 e. The van der Waals surface area contributed by atoms with Crippen LogP contribution in [0.4, 0.5) is 0 Å². The first-order valence-electron chi connectivity index (χ1n) is 8.30. The number of hydrazone groups is 1. The molecule has 2 atom stereocenters. The van der Waals surface area contributed by atoms with Crippen LogP contribution in [0.2, 0.25) is 0 Å². The van der Waals surface area contributed by atoms with E-state index in [2.05, 4.69) is 48.7 Å². The number of benzene rings is 1. The van der Waals surface area contributed by atoms with Crippen molar-refractivity contribution in [1.82, 2.24) is 5.43 Å². The Hall–Kier alpha value is -2.10. The van der Waals surface area contributed by atoms with Crippen LogP contribution in [0.25, 0.3) is 0 Å². The topological polar surface area (TPSA) is 50.7 Å². The second-order valence-corrected chi connectivity index (χ2v) is 6.76. The van der Waals surface area contributed by atoms with E-state index in [4.69, 9.17) is 4.74 Å². The lowest BCUT2D eigenvalue weighted by Gasteiger charge is -2.31. The molecule has 0 bridgehead atoms. The van der Waals surface area contributed by atoms with Crippen LogP contribution >= 0.6 is 0 Å². The molecule has 2 aliphatic rings. The smallest absolute Gasteiger partial charge is 0.277 e. The predicted molar refractivity (Wildman–Crippen MR) is 91.7 cm³/mol. The zero-order chi connectivity index (χ0) is 16.4. The van der Waals surface area contributed by atoms with Gasteiger partial charge in [0.2, 0.25) is 0 Å². The Morgan fingerprint density at radius 1 is 1.43 bits per heavy atom. The first-order valence-corrected chi connectivity index (χ1v) is 8.30. The van der Waals surface area contributed by atoms with Crippen LogP contribution in [0.15, 0.2) is 35.5 Å². The zero-order valence-electron chi connectivity index (χ0n) is 14.0. The largest absolute Gasteiger partial charge is 0.483 e. The molecule has 4 heteroatoms. The minimum absolute atomic E-state index is 0.00764. The number of carbonyl (C=O) groups excluding carboxylic acids is 1. The van der Waals surface area contributed by atoms with Crippen molar-refractivity contribution in [2.75, 3.05) is 6.61 Å². The molecule has 1 aromatic rings. The predicted octanol–water partition coefficient (Wildman–Crippen LogP) is 3.57. The molecule has 0 aromatic heterocycles. The Labute approximate surface area is 137 Å². The Morgan fingerprint density at radius 3 is 3.00 bits per heavy atom. The van der Waals surface area contributed by atoms with Crippen LogP contribution in [0.5, 0.6) is 5.75 Å². The first-order chi connectivity index (χ1) is 11.0. The number of hydrogen-bond acceptors (Lipinski definition) is 3. The van der Waals surface area contributed by atoms with E-state index in [-0.39, 0.29) is 12.5 Å². The van der Waals surface area contributed by atoms with Crippen molar-refractivity contribution >= 4 is 11.6 Å². The highest BCUT2D eigenvalue weighted by Crippen LogP contribution is 2.40. The molecule has 1 fully saturated rings. The normalized spacial score (nSPS) is 23.7. The highest BCUT2D eigenvalue weighted by atomic mass is 16.5. The summed E-state index contributed by atoms with van der Waals surface area (Å²) in [4.78, 5) is 12.0. The van der Waals surface area contributed by atoms with E-state index in [1.165, 1.54) is 0 Å². The number of fused-ring (bicyclic) bond motifs is 1. The van der Waals surface area contributed by atoms with Gasteiger partial charge in [0, 0.05) is 11.6 Å². The lowest BCUT2D eigenvalue weighted by molar-refractivity contribution is -0.123. The standard InChI is InChI=1S/C19H24N2O2/c1-12(2)15-8-7-13(3)9-18(15)23-11-19(22)21-20-17-10-14-5-4-6-16(14)17/h4-5,7-9,12,14,16H,6,10-11H2,1-3H3,(H,21,22)/b20-17-/t14-,16-/m1/s1. The fraction of sp³-hybridized carbons (Fsp3) is 0.474. The Morgan fingerprint density at radius 2 is 2.26 bits per heavy atom. The molecule has 0 spiro atoms. The van der Waals surface area contributed by atoms with E-state index in [0.717, 1.165) is 35.4 Å². The summed E-state index contributed by atoms with van der Waals surface area (Å²) >= 11 is 0. The van der Waals surface area contributed by atoms with Gasteiger partial charge in [-0.05, 0) is 48.8 Å². The molecule has 0 heterocycles. The van der Waals surface area contributed by atoms with Crippen molar-refractivity contribution in [3.05, 3.63) is 41.5 Å². The average Bonchev–Trinajstić information content (AvgIpc) is 2.86. The van der Waals surface area contributed by atoms with E-state index in [0.29, 0.717) is 17.8 Å². The van der Waals surface area contributed by atoms with Crippen molar-refractivity contribution in [2.45, 2.75) is 39.5 Å². The second kappa shape index (κ2) is 6.57. The zero-order valence-corrected chi connectivity index (χ0v) is 14.0. The van der Waals surface area contributed by atoms with Crippen LogP contribution in [0, 0.1) is 18.8 Å². The summed E-state index contributed by atoms with van der Waals surface area (Å²) in [5.74, 6) is 2.09. The van der Waals surface area contributed by atoms with E-state index in [1.807, 2.05) is 13.0 Å². The molecule has 1 aromatic carbocycles. The van der Waals surface area contributed by atoms with Crippen LogP contribution in [-0.2, 0) is 4.79 Å². The number of amides is 1. The third kappa shape index (κ3) is 3.46. The number of nitrogens with one attached hydrogen (secondary N) is 1. The summed E-state index contributed by atoms with van der Waals surface area (Å²) in [5, 5.41) is 4.26. The SMILES string of the molecule is Cc1ccc(C(C)C)c(OCC(=O)N/N=C2/C[C@H]3C=CC[C@@H]23)c1. The van der Waals surface area contributed by atoms with E-state index >= 15 is 0 Å². The maximum atomic E-state index is 12.0. The molecule has 0 unspecified atom stereocenters. The molecule has 0 radical (unpaired) electrons. The van der Waals surface area contributed by atoms with Crippen LogP contribution in [0.3, 0.4) is 0 Å². The number of carbonyl (C=O) groups is 1. The average molecular weight is 312 g/mol. The number of aryl methyl sites for hydroxylation is 1. The fourth-order valence-electron chi connectivity index (χ4n) is 3.22. The summed E-state index contributed by atoms with van der Waals surface area (Å²) < 4.78 is 5.72. The van der Waals surface area contributed by atoms with Gasteiger partial charge in [0.15, 0.2) is 6.61 Å². The van der Waals surface area contributed by atoms with Gasteiger partial charge < -0.3 is 4.74 Å². The highest BCUT2D eigenvalue weighted by Gasteiger charge is 2.37. The summed E-state index contributed by atoms with van der Waals surface area (Å²) in [7, 11) is 0. The summed E-state index contributed by atoms with van der Waals surface area (Å²) in [6.45, 7) is 6.25. The molecule has 0 aliphatic heterocycles. The molecular weight excluding hydrogens is 288 g/mol.